The van der Waals surface area contributed by atoms with Crippen LogP contribution in [-0.4, -0.2) is 20.5 Å². The van der Waals surface area contributed by atoms with Gasteiger partial charge in [-0.1, -0.05) is 13.8 Å². The molecule has 2 aromatic heterocycles. The van der Waals surface area contributed by atoms with Crippen LogP contribution in [0.15, 0.2) is 18.5 Å². The van der Waals surface area contributed by atoms with Gasteiger partial charge in [0, 0.05) is 35.1 Å². The molecule has 20 heavy (non-hydrogen) atoms. The van der Waals surface area contributed by atoms with E-state index in [1.165, 1.54) is 5.69 Å². The van der Waals surface area contributed by atoms with Crippen molar-refractivity contribution >= 4 is 5.78 Å². The lowest BCUT2D eigenvalue weighted by Crippen LogP contribution is -2.28. The van der Waals surface area contributed by atoms with Gasteiger partial charge < -0.3 is 4.57 Å². The second-order valence-corrected chi connectivity index (χ2v) is 6.66. The lowest BCUT2D eigenvalue weighted by Gasteiger charge is -2.31. The number of aromatic nitrogens is 3. The number of nitrogens with zero attached hydrogens (tertiary/aromatic N) is 2. The molecule has 0 radical (unpaired) electrons. The minimum absolute atomic E-state index is 0.0444. The highest BCUT2D eigenvalue weighted by molar-refractivity contribution is 5.99. The highest BCUT2D eigenvalue weighted by Crippen LogP contribution is 2.38. The number of carbonyl (C=O) groups excluding carboxylic acids is 1. The van der Waals surface area contributed by atoms with Gasteiger partial charge in [-0.05, 0) is 31.7 Å². The molecule has 0 aromatic carbocycles. The zero-order valence-electron chi connectivity index (χ0n) is 12.5. The first kappa shape index (κ1) is 13.2. The Kier molecular flexibility index (Phi) is 2.85. The number of fused-ring (bicyclic) bond motifs is 1. The number of Topliss-reactive ketones (excluding diaryl/α,β-unsaturated/α-hetero) is 1. The number of ketones is 1. The molecule has 1 N–H and O–H groups in total. The molecule has 1 aliphatic rings. The highest BCUT2D eigenvalue weighted by Gasteiger charge is 2.34. The smallest absolute Gasteiger partial charge is 0.165 e. The molecule has 0 aliphatic heterocycles. The van der Waals surface area contributed by atoms with Crippen molar-refractivity contribution in [3.63, 3.8) is 0 Å². The molecular formula is C16H21N3O. The molecule has 1 aliphatic carbocycles. The van der Waals surface area contributed by atoms with Crippen LogP contribution in [0.2, 0.25) is 0 Å². The third-order valence-corrected chi connectivity index (χ3v) is 4.31. The molecule has 0 saturated carbocycles. The fourth-order valence-electron chi connectivity index (χ4n) is 3.35. The van der Waals surface area contributed by atoms with Gasteiger partial charge in [-0.15, -0.1) is 0 Å². The molecule has 106 valence electrons. The second kappa shape index (κ2) is 4.33. The number of hydrogen-bond donors (Lipinski definition) is 1. The van der Waals surface area contributed by atoms with E-state index in [4.69, 9.17) is 0 Å². The third-order valence-electron chi connectivity index (χ3n) is 4.31. The molecule has 0 fully saturated rings. The number of aryl methyl sites for hydroxylation is 1. The van der Waals surface area contributed by atoms with Crippen LogP contribution < -0.4 is 0 Å². The molecule has 3 rings (SSSR count). The summed E-state index contributed by atoms with van der Waals surface area (Å²) in [6, 6.07) is 2.24. The van der Waals surface area contributed by atoms with Gasteiger partial charge in [0.05, 0.1) is 12.2 Å². The van der Waals surface area contributed by atoms with E-state index >= 15 is 0 Å². The van der Waals surface area contributed by atoms with E-state index in [1.54, 1.807) is 0 Å². The summed E-state index contributed by atoms with van der Waals surface area (Å²) in [5.41, 5.74) is 4.43. The summed E-state index contributed by atoms with van der Waals surface area (Å²) >= 11 is 0. The van der Waals surface area contributed by atoms with Crippen molar-refractivity contribution in [3.8, 4) is 0 Å². The number of aromatic amines is 1. The Bertz CT molecular complexity index is 650. The predicted octanol–water partition coefficient (Wildman–Crippen LogP) is 3.28. The van der Waals surface area contributed by atoms with Gasteiger partial charge in [0.2, 0.25) is 0 Å². The Balaban J connectivity index is 2.12. The predicted molar refractivity (Wildman–Crippen MR) is 78.0 cm³/mol. The Hall–Kier alpha value is -1.84. The zero-order chi connectivity index (χ0) is 14.5. The lowest BCUT2D eigenvalue weighted by molar-refractivity contribution is 0.0909. The zero-order valence-corrected chi connectivity index (χ0v) is 12.5. The highest BCUT2D eigenvalue weighted by atomic mass is 16.1. The molecule has 1 atom stereocenters. The molecule has 2 aromatic rings. The van der Waals surface area contributed by atoms with Crippen molar-refractivity contribution < 1.29 is 4.79 Å². The van der Waals surface area contributed by atoms with Crippen molar-refractivity contribution in [1.29, 1.82) is 0 Å². The van der Waals surface area contributed by atoms with Gasteiger partial charge in [0.15, 0.2) is 5.78 Å². The number of nitrogens with one attached hydrogen (secondary N) is 1. The Morgan fingerprint density at radius 3 is 2.80 bits per heavy atom. The fraction of sp³-hybridized carbons (Fsp3) is 0.500. The summed E-state index contributed by atoms with van der Waals surface area (Å²) < 4.78 is 2.29. The van der Waals surface area contributed by atoms with Crippen LogP contribution >= 0.6 is 0 Å². The van der Waals surface area contributed by atoms with Crippen molar-refractivity contribution in [2.45, 2.75) is 46.6 Å². The monoisotopic (exact) mass is 271 g/mol. The largest absolute Gasteiger partial charge is 0.341 e. The van der Waals surface area contributed by atoms with Gasteiger partial charge in [0.1, 0.15) is 0 Å². The van der Waals surface area contributed by atoms with Crippen LogP contribution in [0.5, 0.6) is 0 Å². The standard InChI is InChI=1S/C16H21N3O/c1-10-5-13-14(6-16(3,4)7-15(13)20)19(10)11(2)12-8-17-18-9-12/h5,8-9,11H,6-7H2,1-4H3,(H,17,18). The quantitative estimate of drug-likeness (QED) is 0.911. The van der Waals surface area contributed by atoms with Crippen LogP contribution in [-0.2, 0) is 6.42 Å². The minimum Gasteiger partial charge on any atom is -0.341 e. The summed E-state index contributed by atoms with van der Waals surface area (Å²) in [7, 11) is 0. The van der Waals surface area contributed by atoms with Crippen molar-refractivity contribution in [3.05, 3.63) is 41.0 Å². The first-order chi connectivity index (χ1) is 9.39. The normalized spacial score (nSPS) is 18.9. The summed E-state index contributed by atoms with van der Waals surface area (Å²) in [5.74, 6) is 0.275. The van der Waals surface area contributed by atoms with Gasteiger partial charge in [-0.2, -0.15) is 5.10 Å². The second-order valence-electron chi connectivity index (χ2n) is 6.66. The van der Waals surface area contributed by atoms with E-state index in [0.29, 0.717) is 6.42 Å². The van der Waals surface area contributed by atoms with E-state index < -0.39 is 0 Å². The van der Waals surface area contributed by atoms with E-state index in [0.717, 1.165) is 23.2 Å². The molecule has 0 amide bonds. The fourth-order valence-corrected chi connectivity index (χ4v) is 3.35. The number of hydrogen-bond acceptors (Lipinski definition) is 2. The topological polar surface area (TPSA) is 50.7 Å². The average molecular weight is 271 g/mol. The van der Waals surface area contributed by atoms with Gasteiger partial charge in [-0.25, -0.2) is 0 Å². The maximum absolute atomic E-state index is 12.3. The molecule has 1 unspecified atom stereocenters. The number of carbonyl (C=O) groups is 1. The van der Waals surface area contributed by atoms with Crippen LogP contribution in [0.1, 0.15) is 60.5 Å². The first-order valence-corrected chi connectivity index (χ1v) is 7.11. The summed E-state index contributed by atoms with van der Waals surface area (Å²) in [6.07, 6.45) is 5.37. The molecule has 4 heteroatoms. The summed E-state index contributed by atoms with van der Waals surface area (Å²) in [6.45, 7) is 8.57. The third kappa shape index (κ3) is 1.99. The Morgan fingerprint density at radius 2 is 2.15 bits per heavy atom. The van der Waals surface area contributed by atoms with Crippen molar-refractivity contribution in [2.75, 3.05) is 0 Å². The Morgan fingerprint density at radius 1 is 1.40 bits per heavy atom. The maximum Gasteiger partial charge on any atom is 0.165 e. The van der Waals surface area contributed by atoms with Crippen LogP contribution in [0, 0.1) is 12.3 Å². The molecular weight excluding hydrogens is 250 g/mol. The molecule has 2 heterocycles. The maximum atomic E-state index is 12.3. The van der Waals surface area contributed by atoms with Gasteiger partial charge >= 0.3 is 0 Å². The molecule has 0 spiro atoms. The van der Waals surface area contributed by atoms with Gasteiger partial charge in [-0.3, -0.25) is 9.89 Å². The van der Waals surface area contributed by atoms with Crippen LogP contribution in [0.3, 0.4) is 0 Å². The van der Waals surface area contributed by atoms with Crippen molar-refractivity contribution in [1.82, 2.24) is 14.8 Å². The minimum atomic E-state index is 0.0444. The summed E-state index contributed by atoms with van der Waals surface area (Å²) in [5, 5.41) is 6.90. The van der Waals surface area contributed by atoms with Crippen LogP contribution in [0.4, 0.5) is 0 Å². The van der Waals surface area contributed by atoms with E-state index in [1.807, 2.05) is 18.5 Å². The van der Waals surface area contributed by atoms with Gasteiger partial charge in [0.25, 0.3) is 0 Å². The van der Waals surface area contributed by atoms with Crippen molar-refractivity contribution in [2.24, 2.45) is 5.41 Å². The van der Waals surface area contributed by atoms with Crippen LogP contribution in [0.25, 0.3) is 0 Å². The van der Waals surface area contributed by atoms with E-state index in [9.17, 15) is 4.79 Å². The van der Waals surface area contributed by atoms with E-state index in [-0.39, 0.29) is 17.2 Å². The average Bonchev–Trinajstić information content (AvgIpc) is 2.94. The Labute approximate surface area is 119 Å². The SMILES string of the molecule is Cc1cc2c(n1C(C)c1cn[nH]c1)CC(C)(C)CC2=O. The molecule has 4 nitrogen and oxygen atoms in total. The van der Waals surface area contributed by atoms with E-state index in [2.05, 4.69) is 42.5 Å². The lowest BCUT2D eigenvalue weighted by atomic mass is 9.76. The molecule has 0 saturated heterocycles. The first-order valence-electron chi connectivity index (χ1n) is 7.11. The summed E-state index contributed by atoms with van der Waals surface area (Å²) in [4.78, 5) is 12.3. The number of H-pyrrole nitrogens is 1. The number of rotatable bonds is 2. The molecule has 0 bridgehead atoms.